The Balaban J connectivity index is 2.00. The third-order valence-corrected chi connectivity index (χ3v) is 2.89. The fraction of sp³-hybridized carbons (Fsp3) is 0.429. The van der Waals surface area contributed by atoms with Gasteiger partial charge >= 0.3 is 0 Å². The van der Waals surface area contributed by atoms with E-state index in [-0.39, 0.29) is 6.61 Å². The van der Waals surface area contributed by atoms with Gasteiger partial charge in [-0.15, -0.1) is 0 Å². The maximum absolute atomic E-state index is 9.05. The number of hydrogen-bond acceptors (Lipinski definition) is 6. The van der Waals surface area contributed by atoms with Gasteiger partial charge in [0.1, 0.15) is 0 Å². The summed E-state index contributed by atoms with van der Waals surface area (Å²) >= 11 is 0. The lowest BCUT2D eigenvalue weighted by Crippen LogP contribution is -2.29. The normalized spacial score (nSPS) is 11.2. The Morgan fingerprint density at radius 1 is 1.25 bits per heavy atom. The molecule has 0 aliphatic rings. The predicted octanol–water partition coefficient (Wildman–Crippen LogP) is 1.18. The van der Waals surface area contributed by atoms with Gasteiger partial charge in [-0.2, -0.15) is 4.98 Å². The summed E-state index contributed by atoms with van der Waals surface area (Å²) < 4.78 is 10.3. The monoisotopic (exact) mass is 277 g/mol. The molecule has 0 aliphatic carbocycles. The van der Waals surface area contributed by atoms with Crippen molar-refractivity contribution < 1.29 is 14.4 Å². The Bertz CT molecular complexity index is 501. The summed E-state index contributed by atoms with van der Waals surface area (Å²) in [5.74, 6) is 1.12. The molecule has 108 valence electrons. The van der Waals surface area contributed by atoms with E-state index in [1.807, 2.05) is 35.2 Å². The second-order valence-corrected chi connectivity index (χ2v) is 4.37. The Labute approximate surface area is 118 Å². The minimum atomic E-state index is 0.0867. The molecule has 0 saturated heterocycles. The van der Waals surface area contributed by atoms with Crippen LogP contribution in [0.1, 0.15) is 5.89 Å². The second kappa shape index (κ2) is 7.74. The number of hydrogen-bond donors (Lipinski definition) is 1. The fourth-order valence-electron chi connectivity index (χ4n) is 1.85. The van der Waals surface area contributed by atoms with Gasteiger partial charge in [-0.25, -0.2) is 0 Å². The number of aliphatic hydroxyl groups is 1. The van der Waals surface area contributed by atoms with Crippen molar-refractivity contribution in [1.29, 1.82) is 0 Å². The highest BCUT2D eigenvalue weighted by atomic mass is 16.5. The van der Waals surface area contributed by atoms with Crippen LogP contribution >= 0.6 is 0 Å². The Hall–Kier alpha value is -1.76. The summed E-state index contributed by atoms with van der Waals surface area (Å²) in [6.45, 7) is 2.44. The van der Waals surface area contributed by atoms with Gasteiger partial charge in [-0.3, -0.25) is 4.90 Å². The maximum Gasteiger partial charge on any atom is 0.241 e. The Kier molecular flexibility index (Phi) is 5.67. The van der Waals surface area contributed by atoms with Crippen LogP contribution < -0.4 is 0 Å². The molecule has 0 unspecified atom stereocenters. The zero-order chi connectivity index (χ0) is 14.2. The molecular weight excluding hydrogens is 258 g/mol. The molecule has 0 amide bonds. The van der Waals surface area contributed by atoms with Gasteiger partial charge in [0.15, 0.2) is 0 Å². The molecule has 2 rings (SSSR count). The number of rotatable bonds is 8. The molecule has 0 fully saturated rings. The lowest BCUT2D eigenvalue weighted by Gasteiger charge is -2.18. The molecule has 0 bridgehead atoms. The number of aromatic nitrogens is 2. The predicted molar refractivity (Wildman–Crippen MR) is 74.0 cm³/mol. The van der Waals surface area contributed by atoms with E-state index in [1.54, 1.807) is 7.11 Å². The summed E-state index contributed by atoms with van der Waals surface area (Å²) in [7, 11) is 1.65. The summed E-state index contributed by atoms with van der Waals surface area (Å²) in [5, 5.41) is 13.0. The van der Waals surface area contributed by atoms with Crippen LogP contribution in [0.15, 0.2) is 34.9 Å². The van der Waals surface area contributed by atoms with Crippen molar-refractivity contribution in [2.24, 2.45) is 0 Å². The molecule has 1 aromatic heterocycles. The van der Waals surface area contributed by atoms with E-state index in [4.69, 9.17) is 14.4 Å². The van der Waals surface area contributed by atoms with Crippen LogP contribution in [0.5, 0.6) is 0 Å². The maximum atomic E-state index is 9.05. The second-order valence-electron chi connectivity index (χ2n) is 4.37. The zero-order valence-electron chi connectivity index (χ0n) is 11.5. The van der Waals surface area contributed by atoms with Gasteiger partial charge in [0.2, 0.25) is 11.7 Å². The Morgan fingerprint density at radius 2 is 2.05 bits per heavy atom. The van der Waals surface area contributed by atoms with Crippen LogP contribution in [-0.2, 0) is 11.3 Å². The summed E-state index contributed by atoms with van der Waals surface area (Å²) in [5.41, 5.74) is 0.924. The minimum absolute atomic E-state index is 0.0867. The summed E-state index contributed by atoms with van der Waals surface area (Å²) in [6.07, 6.45) is 0. The van der Waals surface area contributed by atoms with E-state index in [0.29, 0.717) is 38.0 Å². The first-order valence-electron chi connectivity index (χ1n) is 6.53. The first-order valence-corrected chi connectivity index (χ1v) is 6.53. The van der Waals surface area contributed by atoms with Crippen LogP contribution in [-0.4, -0.2) is 53.6 Å². The first kappa shape index (κ1) is 14.6. The van der Waals surface area contributed by atoms with Gasteiger partial charge in [0, 0.05) is 25.8 Å². The molecule has 1 aromatic carbocycles. The van der Waals surface area contributed by atoms with Crippen LogP contribution in [0.4, 0.5) is 0 Å². The largest absolute Gasteiger partial charge is 0.395 e. The van der Waals surface area contributed by atoms with Crippen molar-refractivity contribution in [3.63, 3.8) is 0 Å². The zero-order valence-corrected chi connectivity index (χ0v) is 11.5. The summed E-state index contributed by atoms with van der Waals surface area (Å²) in [6, 6.07) is 9.68. The van der Waals surface area contributed by atoms with Crippen molar-refractivity contribution in [2.75, 3.05) is 33.4 Å². The molecule has 0 spiro atoms. The number of ether oxygens (including phenoxy) is 1. The van der Waals surface area contributed by atoms with Gasteiger partial charge in [-0.05, 0) is 0 Å². The lowest BCUT2D eigenvalue weighted by molar-refractivity contribution is 0.118. The highest BCUT2D eigenvalue weighted by Crippen LogP contribution is 2.15. The van der Waals surface area contributed by atoms with E-state index in [0.717, 1.165) is 5.56 Å². The van der Waals surface area contributed by atoms with Crippen molar-refractivity contribution in [2.45, 2.75) is 6.54 Å². The van der Waals surface area contributed by atoms with Gasteiger partial charge in [0.05, 0.1) is 19.8 Å². The van der Waals surface area contributed by atoms with Crippen molar-refractivity contribution in [3.05, 3.63) is 36.2 Å². The molecular formula is C14H19N3O3. The molecule has 20 heavy (non-hydrogen) atoms. The SMILES string of the molecule is COCCN(CCO)Cc1nc(-c2ccccc2)no1. The Morgan fingerprint density at radius 3 is 2.75 bits per heavy atom. The average molecular weight is 277 g/mol. The first-order chi connectivity index (χ1) is 9.83. The highest BCUT2D eigenvalue weighted by Gasteiger charge is 2.12. The molecule has 1 N–H and O–H groups in total. The molecule has 0 aliphatic heterocycles. The molecule has 0 radical (unpaired) electrons. The van der Waals surface area contributed by atoms with Gasteiger partial charge < -0.3 is 14.4 Å². The number of aliphatic hydroxyl groups excluding tert-OH is 1. The van der Waals surface area contributed by atoms with Crippen LogP contribution in [0.3, 0.4) is 0 Å². The molecule has 6 nitrogen and oxygen atoms in total. The average Bonchev–Trinajstić information content (AvgIpc) is 2.94. The van der Waals surface area contributed by atoms with E-state index >= 15 is 0 Å². The topological polar surface area (TPSA) is 71.6 Å². The smallest absolute Gasteiger partial charge is 0.241 e. The molecule has 2 aromatic rings. The third kappa shape index (κ3) is 4.12. The van der Waals surface area contributed by atoms with Crippen molar-refractivity contribution >= 4 is 0 Å². The molecule has 0 atom stereocenters. The van der Waals surface area contributed by atoms with Crippen molar-refractivity contribution in [1.82, 2.24) is 15.0 Å². The minimum Gasteiger partial charge on any atom is -0.395 e. The van der Waals surface area contributed by atoms with E-state index in [9.17, 15) is 0 Å². The van der Waals surface area contributed by atoms with E-state index in [2.05, 4.69) is 10.1 Å². The van der Waals surface area contributed by atoms with Crippen LogP contribution in [0.2, 0.25) is 0 Å². The number of methoxy groups -OCH3 is 1. The molecule has 6 heteroatoms. The summed E-state index contributed by atoms with van der Waals surface area (Å²) in [4.78, 5) is 6.37. The third-order valence-electron chi connectivity index (χ3n) is 2.89. The highest BCUT2D eigenvalue weighted by molar-refractivity contribution is 5.53. The number of nitrogens with zero attached hydrogens (tertiary/aromatic N) is 3. The van der Waals surface area contributed by atoms with Crippen molar-refractivity contribution in [3.8, 4) is 11.4 Å². The van der Waals surface area contributed by atoms with E-state index in [1.165, 1.54) is 0 Å². The quantitative estimate of drug-likeness (QED) is 0.781. The van der Waals surface area contributed by atoms with Gasteiger partial charge in [0.25, 0.3) is 0 Å². The van der Waals surface area contributed by atoms with Crippen LogP contribution in [0.25, 0.3) is 11.4 Å². The van der Waals surface area contributed by atoms with E-state index < -0.39 is 0 Å². The fourth-order valence-corrected chi connectivity index (χ4v) is 1.85. The molecule has 0 saturated carbocycles. The standard InChI is InChI=1S/C14H19N3O3/c1-19-10-8-17(7-9-18)11-13-15-14(16-20-13)12-5-3-2-4-6-12/h2-6,18H,7-11H2,1H3. The molecule has 1 heterocycles. The van der Waals surface area contributed by atoms with Crippen LogP contribution in [0, 0.1) is 0 Å². The lowest BCUT2D eigenvalue weighted by atomic mass is 10.2. The number of benzene rings is 1. The van der Waals surface area contributed by atoms with Gasteiger partial charge in [-0.1, -0.05) is 35.5 Å².